The molecule has 6 heteroatoms. The molecule has 0 amide bonds. The zero-order valence-corrected chi connectivity index (χ0v) is 16.5. The Hall–Kier alpha value is -2.05. The Kier molecular flexibility index (Phi) is 8.13. The molecule has 148 valence electrons. The predicted molar refractivity (Wildman–Crippen MR) is 106 cm³/mol. The summed E-state index contributed by atoms with van der Waals surface area (Å²) in [4.78, 5) is -0.228. The van der Waals surface area contributed by atoms with Gasteiger partial charge in [0, 0.05) is 12.1 Å². The summed E-state index contributed by atoms with van der Waals surface area (Å²) in [6, 6.07) is 10.6. The number of unbranched alkanes of at least 4 members (excludes halogenated alkanes) is 6. The minimum atomic E-state index is -4.29. The fraction of sp³-hybridized carbons (Fsp3) is 0.429. The van der Waals surface area contributed by atoms with Gasteiger partial charge in [0.05, 0.1) is 4.90 Å². The van der Waals surface area contributed by atoms with Crippen LogP contribution >= 0.6 is 0 Å². The molecule has 2 N–H and O–H groups in total. The van der Waals surface area contributed by atoms with Crippen LogP contribution < -0.4 is 4.74 Å². The quantitative estimate of drug-likeness (QED) is 0.377. The summed E-state index contributed by atoms with van der Waals surface area (Å²) >= 11 is 0. The average molecular weight is 393 g/mol. The van der Waals surface area contributed by atoms with Crippen LogP contribution in [0.2, 0.25) is 0 Å². The molecule has 0 aliphatic carbocycles. The molecular weight excluding hydrogens is 364 g/mol. The fourth-order valence-electron chi connectivity index (χ4n) is 2.94. The molecule has 0 spiro atoms. The third-order valence-electron chi connectivity index (χ3n) is 4.43. The summed E-state index contributed by atoms with van der Waals surface area (Å²) in [6.45, 7) is 2.21. The van der Waals surface area contributed by atoms with E-state index >= 15 is 0 Å². The summed E-state index contributed by atoms with van der Waals surface area (Å²) in [5.41, 5.74) is 0.957. The second-order valence-corrected chi connectivity index (χ2v) is 8.14. The van der Waals surface area contributed by atoms with E-state index in [4.69, 9.17) is 4.74 Å². The highest BCUT2D eigenvalue weighted by Crippen LogP contribution is 2.31. The number of phenols is 1. The molecule has 0 bridgehead atoms. The van der Waals surface area contributed by atoms with E-state index < -0.39 is 10.1 Å². The van der Waals surface area contributed by atoms with Gasteiger partial charge in [0.25, 0.3) is 10.1 Å². The van der Waals surface area contributed by atoms with Crippen molar-refractivity contribution >= 4 is 10.1 Å². The van der Waals surface area contributed by atoms with Crippen molar-refractivity contribution in [2.45, 2.75) is 63.2 Å². The first-order valence-corrected chi connectivity index (χ1v) is 10.9. The van der Waals surface area contributed by atoms with Gasteiger partial charge in [-0.2, -0.15) is 8.42 Å². The number of benzene rings is 2. The number of rotatable bonds is 11. The Labute approximate surface area is 161 Å². The molecule has 0 aromatic heterocycles. The number of phenolic OH excluding ortho intramolecular Hbond substituents is 1. The van der Waals surface area contributed by atoms with Crippen molar-refractivity contribution in [2.75, 3.05) is 0 Å². The van der Waals surface area contributed by atoms with Gasteiger partial charge in [0.1, 0.15) is 17.2 Å². The van der Waals surface area contributed by atoms with Gasteiger partial charge in [0.2, 0.25) is 0 Å². The third kappa shape index (κ3) is 7.23. The summed E-state index contributed by atoms with van der Waals surface area (Å²) in [7, 11) is -4.29. The van der Waals surface area contributed by atoms with Gasteiger partial charge in [-0.3, -0.25) is 4.55 Å². The van der Waals surface area contributed by atoms with E-state index in [2.05, 4.69) is 6.92 Å². The molecule has 2 aromatic carbocycles. The minimum Gasteiger partial charge on any atom is -0.508 e. The van der Waals surface area contributed by atoms with E-state index in [1.807, 2.05) is 6.07 Å². The lowest BCUT2D eigenvalue weighted by molar-refractivity contribution is 0.448. The lowest BCUT2D eigenvalue weighted by Gasteiger charge is -2.12. The van der Waals surface area contributed by atoms with E-state index in [9.17, 15) is 18.1 Å². The molecule has 0 heterocycles. The molecule has 2 aromatic rings. The Bertz CT molecular complexity index is 830. The van der Waals surface area contributed by atoms with E-state index in [0.717, 1.165) is 24.8 Å². The third-order valence-corrected chi connectivity index (χ3v) is 5.28. The maximum atomic E-state index is 11.3. The first kappa shape index (κ1) is 21.3. The molecule has 27 heavy (non-hydrogen) atoms. The van der Waals surface area contributed by atoms with E-state index in [0.29, 0.717) is 5.75 Å². The van der Waals surface area contributed by atoms with Crippen LogP contribution in [0.4, 0.5) is 0 Å². The topological polar surface area (TPSA) is 83.8 Å². The maximum Gasteiger partial charge on any atom is 0.294 e. The Morgan fingerprint density at radius 3 is 2.33 bits per heavy atom. The molecule has 0 radical (unpaired) electrons. The molecule has 0 aliphatic rings. The van der Waals surface area contributed by atoms with Crippen LogP contribution in [-0.2, 0) is 16.5 Å². The van der Waals surface area contributed by atoms with Gasteiger partial charge < -0.3 is 9.84 Å². The van der Waals surface area contributed by atoms with Crippen molar-refractivity contribution in [2.24, 2.45) is 0 Å². The second-order valence-electron chi connectivity index (χ2n) is 6.72. The average Bonchev–Trinajstić information content (AvgIpc) is 2.62. The van der Waals surface area contributed by atoms with Crippen molar-refractivity contribution in [3.63, 3.8) is 0 Å². The molecule has 5 nitrogen and oxygen atoms in total. The normalized spacial score (nSPS) is 11.5. The van der Waals surface area contributed by atoms with Crippen molar-refractivity contribution in [1.82, 2.24) is 0 Å². The van der Waals surface area contributed by atoms with Gasteiger partial charge >= 0.3 is 0 Å². The first-order valence-electron chi connectivity index (χ1n) is 9.47. The maximum absolute atomic E-state index is 11.3. The molecule has 0 atom stereocenters. The predicted octanol–water partition coefficient (Wildman–Crippen LogP) is 5.72. The second kappa shape index (κ2) is 10.3. The lowest BCUT2D eigenvalue weighted by Crippen LogP contribution is -1.98. The van der Waals surface area contributed by atoms with Crippen molar-refractivity contribution in [1.29, 1.82) is 0 Å². The number of aryl methyl sites for hydroxylation is 1. The van der Waals surface area contributed by atoms with Gasteiger partial charge in [0.15, 0.2) is 0 Å². The van der Waals surface area contributed by atoms with Gasteiger partial charge in [-0.15, -0.1) is 0 Å². The largest absolute Gasteiger partial charge is 0.508 e. The highest BCUT2D eigenvalue weighted by molar-refractivity contribution is 7.85. The smallest absolute Gasteiger partial charge is 0.294 e. The van der Waals surface area contributed by atoms with Gasteiger partial charge in [-0.05, 0) is 36.6 Å². The molecule has 0 saturated heterocycles. The summed E-state index contributed by atoms with van der Waals surface area (Å²) in [6.07, 6.45) is 9.28. The number of hydrogen-bond donors (Lipinski definition) is 2. The zero-order valence-electron chi connectivity index (χ0n) is 15.7. The highest BCUT2D eigenvalue weighted by Gasteiger charge is 2.12. The summed E-state index contributed by atoms with van der Waals surface area (Å²) in [5, 5.41) is 9.78. The summed E-state index contributed by atoms with van der Waals surface area (Å²) < 4.78 is 37.6. The Balaban J connectivity index is 2.01. The van der Waals surface area contributed by atoms with Crippen LogP contribution in [0.3, 0.4) is 0 Å². The van der Waals surface area contributed by atoms with Gasteiger partial charge in [-0.25, -0.2) is 0 Å². The van der Waals surface area contributed by atoms with Crippen LogP contribution in [0.5, 0.6) is 17.2 Å². The monoisotopic (exact) mass is 392 g/mol. The molecule has 0 saturated carbocycles. The first-order chi connectivity index (χ1) is 12.9. The zero-order chi connectivity index (χ0) is 19.7. The van der Waals surface area contributed by atoms with E-state index in [1.54, 1.807) is 12.1 Å². The van der Waals surface area contributed by atoms with Crippen LogP contribution in [0, 0.1) is 0 Å². The van der Waals surface area contributed by atoms with E-state index in [-0.39, 0.29) is 16.4 Å². The minimum absolute atomic E-state index is 0.0826. The highest BCUT2D eigenvalue weighted by atomic mass is 32.2. The van der Waals surface area contributed by atoms with Crippen molar-refractivity contribution < 1.29 is 22.8 Å². The van der Waals surface area contributed by atoms with Crippen molar-refractivity contribution in [3.8, 4) is 17.2 Å². The number of hydrogen-bond acceptors (Lipinski definition) is 4. The van der Waals surface area contributed by atoms with Crippen LogP contribution in [0.1, 0.15) is 57.4 Å². The SMILES string of the molecule is CCCCCCCCCc1ccc(O)cc1Oc1cccc(S(=O)(=O)O)c1. The number of aromatic hydroxyl groups is 1. The molecular formula is C21H28O5S. The Morgan fingerprint density at radius 1 is 0.926 bits per heavy atom. The van der Waals surface area contributed by atoms with Gasteiger partial charge in [-0.1, -0.05) is 57.6 Å². The van der Waals surface area contributed by atoms with Crippen molar-refractivity contribution in [3.05, 3.63) is 48.0 Å². The fourth-order valence-corrected chi connectivity index (χ4v) is 3.46. The lowest BCUT2D eigenvalue weighted by atomic mass is 10.0. The van der Waals surface area contributed by atoms with E-state index in [1.165, 1.54) is 56.4 Å². The van der Waals surface area contributed by atoms with Crippen LogP contribution in [0.25, 0.3) is 0 Å². The molecule has 0 unspecified atom stereocenters. The van der Waals surface area contributed by atoms with Crippen LogP contribution in [-0.4, -0.2) is 18.1 Å². The summed E-state index contributed by atoms with van der Waals surface area (Å²) in [5.74, 6) is 0.865. The van der Waals surface area contributed by atoms with Crippen LogP contribution in [0.15, 0.2) is 47.4 Å². The standard InChI is InChI=1S/C21H28O5S/c1-2-3-4-5-6-7-8-10-17-13-14-18(22)15-21(17)26-19-11-9-12-20(16-19)27(23,24)25/h9,11-16,22H,2-8,10H2,1H3,(H,23,24,25). The number of ether oxygens (including phenoxy) is 1. The molecule has 0 aliphatic heterocycles. The molecule has 2 rings (SSSR count). The Morgan fingerprint density at radius 2 is 1.63 bits per heavy atom. The molecule has 0 fully saturated rings.